The quantitative estimate of drug-likeness (QED) is 0.545. The van der Waals surface area contributed by atoms with Crippen molar-refractivity contribution in [3.05, 3.63) is 17.0 Å². The van der Waals surface area contributed by atoms with Crippen molar-refractivity contribution in [1.29, 1.82) is 0 Å². The molecule has 0 N–H and O–H groups in total. The van der Waals surface area contributed by atoms with Crippen LogP contribution in [0, 0.1) is 19.8 Å². The molecule has 0 spiro atoms. The van der Waals surface area contributed by atoms with Gasteiger partial charge in [-0.05, 0) is 38.0 Å². The molecular weight excluding hydrogens is 364 g/mol. The Bertz CT molecular complexity index is 650. The van der Waals surface area contributed by atoms with Gasteiger partial charge in [-0.15, -0.1) is 0 Å². The van der Waals surface area contributed by atoms with Gasteiger partial charge in [-0.25, -0.2) is 14.8 Å². The van der Waals surface area contributed by atoms with E-state index in [4.69, 9.17) is 4.74 Å². The first kappa shape index (κ1) is 21.5. The highest BCUT2D eigenvalue weighted by Crippen LogP contribution is 2.18. The first-order valence-corrected chi connectivity index (χ1v) is 10.6. The van der Waals surface area contributed by atoms with Crippen molar-refractivity contribution in [2.24, 2.45) is 5.92 Å². The summed E-state index contributed by atoms with van der Waals surface area (Å²) in [5, 5.41) is 0.764. The van der Waals surface area contributed by atoms with E-state index in [0.717, 1.165) is 22.1 Å². The molecule has 1 aromatic rings. The molecule has 0 aromatic carbocycles. The summed E-state index contributed by atoms with van der Waals surface area (Å²) >= 11 is 1.52. The van der Waals surface area contributed by atoms with E-state index in [-0.39, 0.29) is 12.0 Å². The zero-order valence-electron chi connectivity index (χ0n) is 16.9. The van der Waals surface area contributed by atoms with Crippen LogP contribution in [0.2, 0.25) is 0 Å². The second-order valence-corrected chi connectivity index (χ2v) is 7.97. The number of piperazine rings is 1. The number of ether oxygens (including phenoxy) is 1. The number of amides is 2. The maximum Gasteiger partial charge on any atom is 0.409 e. The van der Waals surface area contributed by atoms with Crippen LogP contribution in [0.15, 0.2) is 5.16 Å². The fourth-order valence-corrected chi connectivity index (χ4v) is 3.48. The Kier molecular flexibility index (Phi) is 7.89. The molecule has 1 aliphatic rings. The first-order valence-electron chi connectivity index (χ1n) is 9.39. The number of carbonyl (C=O) groups excluding carboxylic acids is 2. The summed E-state index contributed by atoms with van der Waals surface area (Å²) in [7, 11) is 0. The van der Waals surface area contributed by atoms with Gasteiger partial charge in [-0.3, -0.25) is 4.79 Å². The Morgan fingerprint density at radius 3 is 2.15 bits per heavy atom. The minimum atomic E-state index is -0.284. The molecule has 7 nitrogen and oxygen atoms in total. The van der Waals surface area contributed by atoms with Crippen molar-refractivity contribution in [2.45, 2.75) is 45.7 Å². The van der Waals surface area contributed by atoms with E-state index < -0.39 is 0 Å². The number of rotatable bonds is 6. The van der Waals surface area contributed by atoms with E-state index in [9.17, 15) is 9.59 Å². The molecule has 27 heavy (non-hydrogen) atoms. The molecule has 1 aliphatic heterocycles. The molecule has 1 aromatic heterocycles. The van der Waals surface area contributed by atoms with Gasteiger partial charge in [0, 0.05) is 44.0 Å². The molecule has 2 amide bonds. The van der Waals surface area contributed by atoms with Crippen molar-refractivity contribution >= 4 is 23.8 Å². The van der Waals surface area contributed by atoms with E-state index in [2.05, 4.69) is 9.97 Å². The Hall–Kier alpha value is -1.83. The van der Waals surface area contributed by atoms with Gasteiger partial charge in [0.2, 0.25) is 5.91 Å². The standard InChI is InChI=1S/C19H30N4O3S/c1-13(2)12-26-19(25)23-10-8-22(9-11-23)17(24)7-6-16-14(3)20-18(27-5)21-15(16)4/h13H,6-12H2,1-5H3. The highest BCUT2D eigenvalue weighted by atomic mass is 32.2. The van der Waals surface area contributed by atoms with Crippen molar-refractivity contribution in [3.8, 4) is 0 Å². The van der Waals surface area contributed by atoms with Crippen molar-refractivity contribution in [1.82, 2.24) is 19.8 Å². The Morgan fingerprint density at radius 1 is 1.07 bits per heavy atom. The lowest BCUT2D eigenvalue weighted by molar-refractivity contribution is -0.132. The molecular formula is C19H30N4O3S. The number of carbonyl (C=O) groups is 2. The molecule has 0 bridgehead atoms. The van der Waals surface area contributed by atoms with Crippen LogP contribution in [0.1, 0.15) is 37.2 Å². The fraction of sp³-hybridized carbons (Fsp3) is 0.684. The number of hydrogen-bond donors (Lipinski definition) is 0. The first-order chi connectivity index (χ1) is 12.8. The second-order valence-electron chi connectivity index (χ2n) is 7.20. The van der Waals surface area contributed by atoms with E-state index >= 15 is 0 Å². The summed E-state index contributed by atoms with van der Waals surface area (Å²) in [5.74, 6) is 0.427. The molecule has 1 saturated heterocycles. The molecule has 1 fully saturated rings. The number of aromatic nitrogens is 2. The van der Waals surface area contributed by atoms with Gasteiger partial charge < -0.3 is 14.5 Å². The Balaban J connectivity index is 1.82. The zero-order chi connectivity index (χ0) is 20.0. The normalized spacial score (nSPS) is 14.6. The molecule has 2 rings (SSSR count). The SMILES string of the molecule is CSc1nc(C)c(CCC(=O)N2CCN(C(=O)OCC(C)C)CC2)c(C)n1. The van der Waals surface area contributed by atoms with E-state index in [1.54, 1.807) is 4.90 Å². The van der Waals surface area contributed by atoms with Crippen LogP contribution in [0.4, 0.5) is 4.79 Å². The average molecular weight is 395 g/mol. The molecule has 150 valence electrons. The minimum Gasteiger partial charge on any atom is -0.449 e. The van der Waals surface area contributed by atoms with Gasteiger partial charge in [0.15, 0.2) is 5.16 Å². The summed E-state index contributed by atoms with van der Waals surface area (Å²) in [6.07, 6.45) is 2.74. The van der Waals surface area contributed by atoms with Gasteiger partial charge in [-0.1, -0.05) is 25.6 Å². The summed E-state index contributed by atoms with van der Waals surface area (Å²) in [6, 6.07) is 0. The number of thioether (sulfide) groups is 1. The lowest BCUT2D eigenvalue weighted by Crippen LogP contribution is -2.50. The minimum absolute atomic E-state index is 0.109. The van der Waals surface area contributed by atoms with Crippen LogP contribution in [-0.2, 0) is 16.0 Å². The van der Waals surface area contributed by atoms with Crippen molar-refractivity contribution in [2.75, 3.05) is 39.0 Å². The summed E-state index contributed by atoms with van der Waals surface area (Å²) in [6.45, 7) is 10.5. The fourth-order valence-electron chi connectivity index (χ4n) is 3.02. The predicted octanol–water partition coefficient (Wildman–Crippen LogP) is 2.68. The largest absolute Gasteiger partial charge is 0.449 e. The molecule has 0 atom stereocenters. The predicted molar refractivity (Wildman–Crippen MR) is 106 cm³/mol. The van der Waals surface area contributed by atoms with E-state index in [1.807, 2.05) is 38.9 Å². The number of hydrogen-bond acceptors (Lipinski definition) is 6. The van der Waals surface area contributed by atoms with Gasteiger partial charge >= 0.3 is 6.09 Å². The summed E-state index contributed by atoms with van der Waals surface area (Å²) in [4.78, 5) is 37.0. The van der Waals surface area contributed by atoms with E-state index in [0.29, 0.717) is 51.5 Å². The van der Waals surface area contributed by atoms with Gasteiger partial charge in [-0.2, -0.15) is 0 Å². The highest BCUT2D eigenvalue weighted by Gasteiger charge is 2.25. The van der Waals surface area contributed by atoms with Crippen LogP contribution in [0.3, 0.4) is 0 Å². The molecule has 0 radical (unpaired) electrons. The smallest absolute Gasteiger partial charge is 0.409 e. The third-order valence-electron chi connectivity index (χ3n) is 4.60. The molecule has 0 saturated carbocycles. The Labute approximate surface area is 165 Å². The second kappa shape index (κ2) is 9.92. The Morgan fingerprint density at radius 2 is 1.63 bits per heavy atom. The monoisotopic (exact) mass is 394 g/mol. The van der Waals surface area contributed by atoms with Crippen LogP contribution in [0.5, 0.6) is 0 Å². The van der Waals surface area contributed by atoms with E-state index in [1.165, 1.54) is 11.8 Å². The van der Waals surface area contributed by atoms with Crippen LogP contribution < -0.4 is 0 Å². The number of nitrogens with zero attached hydrogens (tertiary/aromatic N) is 4. The maximum atomic E-state index is 12.6. The molecule has 8 heteroatoms. The topological polar surface area (TPSA) is 75.6 Å². The third-order valence-corrected chi connectivity index (χ3v) is 5.15. The third kappa shape index (κ3) is 6.09. The highest BCUT2D eigenvalue weighted by molar-refractivity contribution is 7.98. The lowest BCUT2D eigenvalue weighted by Gasteiger charge is -2.34. The van der Waals surface area contributed by atoms with Gasteiger partial charge in [0.05, 0.1) is 6.61 Å². The molecule has 2 heterocycles. The van der Waals surface area contributed by atoms with Crippen LogP contribution in [-0.4, -0.2) is 70.8 Å². The molecule has 0 aliphatic carbocycles. The summed E-state index contributed by atoms with van der Waals surface area (Å²) in [5.41, 5.74) is 2.94. The lowest BCUT2D eigenvalue weighted by atomic mass is 10.1. The van der Waals surface area contributed by atoms with Crippen molar-refractivity contribution in [3.63, 3.8) is 0 Å². The van der Waals surface area contributed by atoms with Crippen LogP contribution in [0.25, 0.3) is 0 Å². The van der Waals surface area contributed by atoms with Crippen molar-refractivity contribution < 1.29 is 14.3 Å². The number of aryl methyl sites for hydroxylation is 2. The zero-order valence-corrected chi connectivity index (χ0v) is 17.8. The average Bonchev–Trinajstić information content (AvgIpc) is 2.65. The maximum absolute atomic E-state index is 12.6. The summed E-state index contributed by atoms with van der Waals surface area (Å²) < 4.78 is 5.26. The molecule has 0 unspecified atom stereocenters. The van der Waals surface area contributed by atoms with Crippen LogP contribution >= 0.6 is 11.8 Å². The van der Waals surface area contributed by atoms with Gasteiger partial charge in [0.1, 0.15) is 0 Å². The van der Waals surface area contributed by atoms with Gasteiger partial charge in [0.25, 0.3) is 0 Å².